The number of amides is 1. The first-order valence-corrected chi connectivity index (χ1v) is 9.30. The monoisotopic (exact) mass is 339 g/mol. The number of pyridine rings is 1. The molecule has 1 aliphatic heterocycles. The van der Waals surface area contributed by atoms with Crippen molar-refractivity contribution < 1.29 is 4.79 Å². The first-order chi connectivity index (χ1) is 11.6. The van der Waals surface area contributed by atoms with Crippen LogP contribution in [0.2, 0.25) is 0 Å². The van der Waals surface area contributed by atoms with Gasteiger partial charge >= 0.3 is 0 Å². The molecule has 0 N–H and O–H groups in total. The molecule has 124 valence electrons. The summed E-state index contributed by atoms with van der Waals surface area (Å²) in [6.45, 7) is 5.82. The Morgan fingerprint density at radius 3 is 2.62 bits per heavy atom. The molecule has 1 amide bonds. The number of carbonyl (C=O) groups excluding carboxylic acids is 1. The Balaban J connectivity index is 1.81. The fraction of sp³-hybridized carbons (Fsp3) is 0.421. The zero-order chi connectivity index (χ0) is 17.1. The molecule has 1 fully saturated rings. The van der Waals surface area contributed by atoms with Crippen LogP contribution in [0.4, 0.5) is 0 Å². The fourth-order valence-electron chi connectivity index (χ4n) is 2.98. The minimum absolute atomic E-state index is 0.144. The Labute approximate surface area is 146 Å². The van der Waals surface area contributed by atoms with Crippen molar-refractivity contribution in [2.75, 3.05) is 18.8 Å². The zero-order valence-electron chi connectivity index (χ0n) is 14.1. The summed E-state index contributed by atoms with van der Waals surface area (Å²) in [5.41, 5.74) is 3.79. The number of rotatable bonds is 3. The normalized spacial score (nSPS) is 14.6. The number of aromatic nitrogens is 1. The number of piperidine rings is 1. The van der Waals surface area contributed by atoms with Gasteiger partial charge in [-0.15, -0.1) is 0 Å². The number of nitrogens with zero attached hydrogens (tertiary/aromatic N) is 3. The second-order valence-corrected chi connectivity index (χ2v) is 7.28. The van der Waals surface area contributed by atoms with Crippen molar-refractivity contribution in [1.82, 2.24) is 9.88 Å². The maximum atomic E-state index is 12.3. The van der Waals surface area contributed by atoms with Crippen molar-refractivity contribution >= 4 is 28.6 Å². The van der Waals surface area contributed by atoms with E-state index < -0.39 is 0 Å². The lowest BCUT2D eigenvalue weighted by molar-refractivity contribution is -0.129. The van der Waals surface area contributed by atoms with Crippen LogP contribution in [0.1, 0.15) is 36.0 Å². The van der Waals surface area contributed by atoms with Gasteiger partial charge in [0.1, 0.15) is 11.1 Å². The summed E-state index contributed by atoms with van der Waals surface area (Å²) >= 11 is 1.37. The summed E-state index contributed by atoms with van der Waals surface area (Å²) in [5, 5.41) is 11.0. The molecule has 0 spiro atoms. The molecule has 1 saturated heterocycles. The Kier molecular flexibility index (Phi) is 5.06. The smallest absolute Gasteiger partial charge is 0.232 e. The molecule has 0 saturated carbocycles. The number of hydrogen-bond donors (Lipinski definition) is 0. The summed E-state index contributed by atoms with van der Waals surface area (Å²) in [5.74, 6) is 0.489. The molecule has 0 atom stereocenters. The van der Waals surface area contributed by atoms with Crippen LogP contribution in [0.5, 0.6) is 0 Å². The number of fused-ring (bicyclic) bond motifs is 1. The number of carbonyl (C=O) groups is 1. The van der Waals surface area contributed by atoms with E-state index >= 15 is 0 Å². The predicted octanol–water partition coefficient (Wildman–Crippen LogP) is 3.83. The third kappa shape index (κ3) is 3.54. The number of likely N-dealkylation sites (tertiary alicyclic amines) is 1. The molecule has 0 bridgehead atoms. The number of thioether (sulfide) groups is 1. The van der Waals surface area contributed by atoms with E-state index in [-0.39, 0.29) is 5.91 Å². The highest BCUT2D eigenvalue weighted by atomic mass is 32.2. The van der Waals surface area contributed by atoms with Crippen LogP contribution in [-0.4, -0.2) is 34.6 Å². The van der Waals surface area contributed by atoms with E-state index in [1.807, 2.05) is 17.0 Å². The molecule has 1 aromatic heterocycles. The van der Waals surface area contributed by atoms with Crippen molar-refractivity contribution in [1.29, 1.82) is 5.26 Å². The minimum atomic E-state index is 0.144. The topological polar surface area (TPSA) is 57.0 Å². The summed E-state index contributed by atoms with van der Waals surface area (Å²) in [6, 6.07) is 8.20. The second-order valence-electron chi connectivity index (χ2n) is 6.31. The molecule has 0 unspecified atom stereocenters. The van der Waals surface area contributed by atoms with Gasteiger partial charge in [0, 0.05) is 18.5 Å². The Hall–Kier alpha value is -2.06. The fourth-order valence-corrected chi connectivity index (χ4v) is 3.84. The molecule has 5 heteroatoms. The molecule has 0 aliphatic carbocycles. The van der Waals surface area contributed by atoms with Crippen LogP contribution in [0.3, 0.4) is 0 Å². The minimum Gasteiger partial charge on any atom is -0.342 e. The van der Waals surface area contributed by atoms with Gasteiger partial charge in [-0.25, -0.2) is 4.98 Å². The molecular formula is C19H21N3OS. The van der Waals surface area contributed by atoms with E-state index in [9.17, 15) is 10.1 Å². The van der Waals surface area contributed by atoms with Crippen molar-refractivity contribution in [2.24, 2.45) is 0 Å². The highest BCUT2D eigenvalue weighted by molar-refractivity contribution is 8.00. The van der Waals surface area contributed by atoms with Crippen molar-refractivity contribution in [3.05, 3.63) is 34.9 Å². The molecule has 2 aromatic rings. The summed E-state index contributed by atoms with van der Waals surface area (Å²) in [4.78, 5) is 18.9. The molecule has 1 aromatic carbocycles. The van der Waals surface area contributed by atoms with Crippen LogP contribution >= 0.6 is 11.8 Å². The number of benzene rings is 1. The second kappa shape index (κ2) is 7.23. The SMILES string of the molecule is Cc1cc2cc(C#N)c(SCC(=O)N3CCCCC3)nc2cc1C. The maximum absolute atomic E-state index is 12.3. The van der Waals surface area contributed by atoms with Crippen molar-refractivity contribution in [2.45, 2.75) is 38.1 Å². The molecule has 4 nitrogen and oxygen atoms in total. The van der Waals surface area contributed by atoms with Crippen molar-refractivity contribution in [3.8, 4) is 6.07 Å². The van der Waals surface area contributed by atoms with Crippen LogP contribution in [-0.2, 0) is 4.79 Å². The Morgan fingerprint density at radius 2 is 1.92 bits per heavy atom. The van der Waals surface area contributed by atoms with Crippen LogP contribution in [0.25, 0.3) is 10.9 Å². The third-order valence-electron chi connectivity index (χ3n) is 4.56. The molecule has 3 rings (SSSR count). The molecule has 2 heterocycles. The largest absolute Gasteiger partial charge is 0.342 e. The van der Waals surface area contributed by atoms with E-state index in [1.54, 1.807) is 0 Å². The van der Waals surface area contributed by atoms with E-state index in [4.69, 9.17) is 0 Å². The summed E-state index contributed by atoms with van der Waals surface area (Å²) in [7, 11) is 0. The maximum Gasteiger partial charge on any atom is 0.232 e. The number of aryl methyl sites for hydroxylation is 2. The molecule has 24 heavy (non-hydrogen) atoms. The highest BCUT2D eigenvalue weighted by Crippen LogP contribution is 2.27. The van der Waals surface area contributed by atoms with E-state index in [0.717, 1.165) is 36.8 Å². The first-order valence-electron chi connectivity index (χ1n) is 8.31. The van der Waals surface area contributed by atoms with Gasteiger partial charge < -0.3 is 4.90 Å². The van der Waals surface area contributed by atoms with E-state index in [1.165, 1.54) is 29.3 Å². The standard InChI is InChI=1S/C19H21N3OS/c1-13-8-15-10-16(11-20)19(21-17(15)9-14(13)2)24-12-18(23)22-6-4-3-5-7-22/h8-10H,3-7,12H2,1-2H3. The predicted molar refractivity (Wildman–Crippen MR) is 97.1 cm³/mol. The average Bonchev–Trinajstić information content (AvgIpc) is 2.61. The van der Waals surface area contributed by atoms with Gasteiger partial charge in [-0.3, -0.25) is 4.79 Å². The number of hydrogen-bond acceptors (Lipinski definition) is 4. The van der Waals surface area contributed by atoms with Crippen molar-refractivity contribution in [3.63, 3.8) is 0 Å². The highest BCUT2D eigenvalue weighted by Gasteiger charge is 2.18. The quantitative estimate of drug-likeness (QED) is 0.798. The van der Waals surface area contributed by atoms with Gasteiger partial charge in [-0.1, -0.05) is 11.8 Å². The lowest BCUT2D eigenvalue weighted by Gasteiger charge is -2.26. The first kappa shape index (κ1) is 16.8. The van der Waals surface area contributed by atoms with Crippen LogP contribution in [0.15, 0.2) is 23.2 Å². The zero-order valence-corrected chi connectivity index (χ0v) is 14.9. The lowest BCUT2D eigenvalue weighted by Crippen LogP contribution is -2.36. The average molecular weight is 339 g/mol. The molecular weight excluding hydrogens is 318 g/mol. The Bertz CT molecular complexity index is 819. The third-order valence-corrected chi connectivity index (χ3v) is 5.53. The van der Waals surface area contributed by atoms with E-state index in [2.05, 4.69) is 31.0 Å². The van der Waals surface area contributed by atoms with E-state index in [0.29, 0.717) is 16.3 Å². The number of nitriles is 1. The van der Waals surface area contributed by atoms with Crippen LogP contribution < -0.4 is 0 Å². The van der Waals surface area contributed by atoms with Gasteiger partial charge in [0.2, 0.25) is 5.91 Å². The Morgan fingerprint density at radius 1 is 1.21 bits per heavy atom. The molecule has 0 radical (unpaired) electrons. The summed E-state index contributed by atoms with van der Waals surface area (Å²) < 4.78 is 0. The van der Waals surface area contributed by atoms with Gasteiger partial charge in [-0.2, -0.15) is 5.26 Å². The summed E-state index contributed by atoms with van der Waals surface area (Å²) in [6.07, 6.45) is 3.39. The van der Waals surface area contributed by atoms with Gasteiger partial charge in [0.05, 0.1) is 16.8 Å². The lowest BCUT2D eigenvalue weighted by atomic mass is 10.1. The van der Waals surface area contributed by atoms with Crippen LogP contribution in [0, 0.1) is 25.2 Å². The van der Waals surface area contributed by atoms with Gasteiger partial charge in [0.25, 0.3) is 0 Å². The van der Waals surface area contributed by atoms with Gasteiger partial charge in [0.15, 0.2) is 0 Å². The molecule has 1 aliphatic rings. The van der Waals surface area contributed by atoms with Gasteiger partial charge in [-0.05, 0) is 62.4 Å².